The second-order valence-electron chi connectivity index (χ2n) is 7.35. The van der Waals surface area contributed by atoms with Crippen LogP contribution in [0.1, 0.15) is 21.5 Å². The van der Waals surface area contributed by atoms with E-state index in [4.69, 9.17) is 14.2 Å². The van der Waals surface area contributed by atoms with Crippen molar-refractivity contribution in [2.75, 3.05) is 13.7 Å². The summed E-state index contributed by atoms with van der Waals surface area (Å²) in [5, 5.41) is 42.2. The topological polar surface area (TPSA) is 138 Å². The number of aryl methyl sites for hydroxylation is 1. The first-order chi connectivity index (χ1) is 14.8. The lowest BCUT2D eigenvalue weighted by Crippen LogP contribution is -2.60. The van der Waals surface area contributed by atoms with Crippen LogP contribution in [0.4, 0.5) is 0 Å². The van der Waals surface area contributed by atoms with Crippen LogP contribution in [-0.2, 0) is 11.3 Å². The molecule has 0 aliphatic carbocycles. The van der Waals surface area contributed by atoms with E-state index in [0.29, 0.717) is 5.75 Å². The summed E-state index contributed by atoms with van der Waals surface area (Å²) in [6.45, 7) is 1.52. The first kappa shape index (κ1) is 23.0. The fourth-order valence-corrected chi connectivity index (χ4v) is 3.23. The number of amides is 1. The molecule has 0 saturated carbocycles. The molecule has 9 heteroatoms. The molecule has 0 aromatic heterocycles. The molecular weight excluding hydrogens is 406 g/mol. The highest BCUT2D eigenvalue weighted by atomic mass is 16.7. The smallest absolute Gasteiger partial charge is 0.255 e. The van der Waals surface area contributed by atoms with Crippen LogP contribution in [-0.4, -0.2) is 70.8 Å². The Morgan fingerprint density at radius 2 is 1.77 bits per heavy atom. The zero-order valence-corrected chi connectivity index (χ0v) is 17.3. The Morgan fingerprint density at radius 1 is 1.06 bits per heavy atom. The Hall–Kier alpha value is -2.69. The molecule has 0 spiro atoms. The summed E-state index contributed by atoms with van der Waals surface area (Å²) in [5.74, 6) is 0.435. The average Bonchev–Trinajstić information content (AvgIpc) is 2.79. The van der Waals surface area contributed by atoms with Crippen molar-refractivity contribution in [3.05, 3.63) is 59.2 Å². The third-order valence-corrected chi connectivity index (χ3v) is 5.08. The van der Waals surface area contributed by atoms with E-state index >= 15 is 0 Å². The number of methoxy groups -OCH3 is 1. The molecule has 1 fully saturated rings. The number of hydrogen-bond donors (Lipinski definition) is 5. The number of aliphatic hydroxyl groups is 4. The molecule has 168 valence electrons. The molecule has 0 unspecified atom stereocenters. The number of ether oxygens (including phenoxy) is 3. The highest BCUT2D eigenvalue weighted by Gasteiger charge is 2.45. The first-order valence-electron chi connectivity index (χ1n) is 9.83. The minimum atomic E-state index is -1.58. The number of aliphatic hydroxyl groups excluding tert-OH is 4. The van der Waals surface area contributed by atoms with Gasteiger partial charge >= 0.3 is 0 Å². The summed E-state index contributed by atoms with van der Waals surface area (Å²) >= 11 is 0. The van der Waals surface area contributed by atoms with Crippen molar-refractivity contribution >= 4 is 5.91 Å². The van der Waals surface area contributed by atoms with Crippen molar-refractivity contribution in [2.45, 2.75) is 44.2 Å². The summed E-state index contributed by atoms with van der Waals surface area (Å²) in [7, 11) is 1.57. The number of rotatable bonds is 7. The molecule has 1 aliphatic rings. The predicted molar refractivity (Wildman–Crippen MR) is 110 cm³/mol. The molecule has 5 N–H and O–H groups in total. The van der Waals surface area contributed by atoms with Gasteiger partial charge in [-0.3, -0.25) is 4.79 Å². The van der Waals surface area contributed by atoms with E-state index in [-0.39, 0.29) is 17.9 Å². The third-order valence-electron chi connectivity index (χ3n) is 5.08. The van der Waals surface area contributed by atoms with Crippen molar-refractivity contribution in [1.82, 2.24) is 5.32 Å². The Bertz CT molecular complexity index is 886. The molecule has 3 rings (SSSR count). The van der Waals surface area contributed by atoms with Gasteiger partial charge in [0.2, 0.25) is 6.29 Å². The lowest BCUT2D eigenvalue weighted by atomic mass is 9.99. The maximum Gasteiger partial charge on any atom is 0.255 e. The normalized spacial score (nSPS) is 25.7. The van der Waals surface area contributed by atoms with Crippen molar-refractivity contribution in [3.8, 4) is 11.5 Å². The zero-order valence-electron chi connectivity index (χ0n) is 17.3. The second-order valence-corrected chi connectivity index (χ2v) is 7.35. The summed E-state index contributed by atoms with van der Waals surface area (Å²) in [5.41, 5.74) is 1.90. The quantitative estimate of drug-likeness (QED) is 0.415. The van der Waals surface area contributed by atoms with Gasteiger partial charge in [-0.05, 0) is 36.8 Å². The van der Waals surface area contributed by atoms with Gasteiger partial charge in [0.15, 0.2) is 0 Å². The van der Waals surface area contributed by atoms with Gasteiger partial charge in [0.1, 0.15) is 35.9 Å². The first-order valence-corrected chi connectivity index (χ1v) is 9.83. The van der Waals surface area contributed by atoms with Crippen molar-refractivity contribution in [1.29, 1.82) is 0 Å². The molecular formula is C22H27NO8. The van der Waals surface area contributed by atoms with Crippen LogP contribution < -0.4 is 14.8 Å². The molecule has 1 heterocycles. The molecule has 2 aromatic carbocycles. The summed E-state index contributed by atoms with van der Waals surface area (Å²) in [4.78, 5) is 12.8. The van der Waals surface area contributed by atoms with Crippen LogP contribution in [0.25, 0.3) is 0 Å². The van der Waals surface area contributed by atoms with E-state index in [1.165, 1.54) is 0 Å². The molecule has 2 aromatic rings. The fourth-order valence-electron chi connectivity index (χ4n) is 3.23. The van der Waals surface area contributed by atoms with Crippen LogP contribution >= 0.6 is 0 Å². The van der Waals surface area contributed by atoms with Gasteiger partial charge in [-0.1, -0.05) is 23.8 Å². The van der Waals surface area contributed by atoms with Gasteiger partial charge in [-0.15, -0.1) is 0 Å². The zero-order chi connectivity index (χ0) is 22.5. The number of carbonyl (C=O) groups excluding carboxylic acids is 1. The summed E-state index contributed by atoms with van der Waals surface area (Å²) < 4.78 is 16.2. The van der Waals surface area contributed by atoms with Crippen LogP contribution in [0, 0.1) is 6.92 Å². The maximum absolute atomic E-state index is 12.8. The number of benzene rings is 2. The van der Waals surface area contributed by atoms with Gasteiger partial charge < -0.3 is 40.0 Å². The lowest BCUT2D eigenvalue weighted by Gasteiger charge is -2.39. The van der Waals surface area contributed by atoms with E-state index < -0.39 is 43.2 Å². The van der Waals surface area contributed by atoms with Crippen LogP contribution in [0.15, 0.2) is 42.5 Å². The Balaban J connectivity index is 1.74. The van der Waals surface area contributed by atoms with Gasteiger partial charge in [0.05, 0.1) is 19.3 Å². The number of carbonyl (C=O) groups is 1. The lowest BCUT2D eigenvalue weighted by molar-refractivity contribution is -0.277. The molecule has 9 nitrogen and oxygen atoms in total. The summed E-state index contributed by atoms with van der Waals surface area (Å²) in [6.07, 6.45) is -7.14. The van der Waals surface area contributed by atoms with Gasteiger partial charge in [0.25, 0.3) is 5.91 Å². The predicted octanol–water partition coefficient (Wildman–Crippen LogP) is 0.112. The van der Waals surface area contributed by atoms with E-state index in [0.717, 1.165) is 11.1 Å². The van der Waals surface area contributed by atoms with Gasteiger partial charge in [-0.2, -0.15) is 0 Å². The molecule has 1 aliphatic heterocycles. The van der Waals surface area contributed by atoms with E-state index in [1.54, 1.807) is 37.4 Å². The van der Waals surface area contributed by atoms with Crippen molar-refractivity contribution in [3.63, 3.8) is 0 Å². The second kappa shape index (κ2) is 10.1. The molecule has 31 heavy (non-hydrogen) atoms. The van der Waals surface area contributed by atoms with E-state index in [2.05, 4.69) is 5.32 Å². The Labute approximate surface area is 179 Å². The Morgan fingerprint density at radius 3 is 2.42 bits per heavy atom. The van der Waals surface area contributed by atoms with Crippen molar-refractivity contribution < 1.29 is 39.4 Å². The maximum atomic E-state index is 12.8. The molecule has 0 radical (unpaired) electrons. The largest absolute Gasteiger partial charge is 0.497 e. The SMILES string of the molecule is COc1ccc(CNC(=O)c2cc(C)ccc2O[C@@H]2O[C@H](CO)[C@@H](O)[C@H](O)[C@H]2O)cc1. The number of nitrogens with one attached hydrogen (secondary N) is 1. The van der Waals surface area contributed by atoms with E-state index in [1.807, 2.05) is 19.1 Å². The highest BCUT2D eigenvalue weighted by molar-refractivity contribution is 5.97. The van der Waals surface area contributed by atoms with Crippen LogP contribution in [0.3, 0.4) is 0 Å². The number of hydrogen-bond acceptors (Lipinski definition) is 8. The van der Waals surface area contributed by atoms with Gasteiger partial charge in [0, 0.05) is 6.54 Å². The Kier molecular flexibility index (Phi) is 7.47. The van der Waals surface area contributed by atoms with Crippen LogP contribution in [0.5, 0.6) is 11.5 Å². The minimum Gasteiger partial charge on any atom is -0.497 e. The van der Waals surface area contributed by atoms with E-state index in [9.17, 15) is 25.2 Å². The van der Waals surface area contributed by atoms with Gasteiger partial charge in [-0.25, -0.2) is 0 Å². The standard InChI is InChI=1S/C22H27NO8/c1-12-3-8-16(30-22-20(27)19(26)18(25)17(11-24)31-22)15(9-12)21(28)23-10-13-4-6-14(29-2)7-5-13/h3-9,17-20,22,24-27H,10-11H2,1-2H3,(H,23,28)/t17-,18-,19+,20-,22-/m1/s1. The highest BCUT2D eigenvalue weighted by Crippen LogP contribution is 2.27. The minimum absolute atomic E-state index is 0.127. The van der Waals surface area contributed by atoms with Crippen molar-refractivity contribution in [2.24, 2.45) is 0 Å². The molecule has 1 amide bonds. The third kappa shape index (κ3) is 5.33. The average molecular weight is 433 g/mol. The molecule has 1 saturated heterocycles. The monoisotopic (exact) mass is 433 g/mol. The summed E-state index contributed by atoms with van der Waals surface area (Å²) in [6, 6.07) is 12.2. The molecule has 0 bridgehead atoms. The fraction of sp³-hybridized carbons (Fsp3) is 0.409. The molecule has 5 atom stereocenters. The van der Waals surface area contributed by atoms with Crippen LogP contribution in [0.2, 0.25) is 0 Å².